The first kappa shape index (κ1) is 33.1. The molecule has 3 heterocycles. The molecule has 2 aliphatic rings. The molecule has 5 atom stereocenters. The average molecular weight is 697 g/mol. The number of halogens is 1. The molecule has 4 N–H and O–H groups in total. The highest BCUT2D eigenvalue weighted by Gasteiger charge is 2.75. The lowest BCUT2D eigenvalue weighted by Crippen LogP contribution is -2.41. The van der Waals surface area contributed by atoms with E-state index in [-0.39, 0.29) is 23.3 Å². The molecule has 15 nitrogen and oxygen atoms in total. The van der Waals surface area contributed by atoms with Gasteiger partial charge in [0, 0.05) is 43.1 Å². The van der Waals surface area contributed by atoms with Crippen molar-refractivity contribution in [3.05, 3.63) is 93.3 Å². The average Bonchev–Trinajstić information content (AvgIpc) is 3.35. The number of aliphatic hydroxyl groups is 2. The van der Waals surface area contributed by atoms with Crippen molar-refractivity contribution in [2.24, 2.45) is 11.3 Å². The molecule has 0 aliphatic heterocycles. The van der Waals surface area contributed by atoms with Gasteiger partial charge in [0.15, 0.2) is 17.0 Å². The van der Waals surface area contributed by atoms with Crippen LogP contribution in [0.3, 0.4) is 0 Å². The first-order valence-corrected chi connectivity index (χ1v) is 16.5. The van der Waals surface area contributed by atoms with Crippen LogP contribution in [0.4, 0.5) is 11.5 Å². The zero-order chi connectivity index (χ0) is 35.0. The Morgan fingerprint density at radius 3 is 2.82 bits per heavy atom. The summed E-state index contributed by atoms with van der Waals surface area (Å²) in [6, 6.07) is 13.0. The Bertz CT molecular complexity index is 2160. The van der Waals surface area contributed by atoms with Crippen LogP contribution in [-0.2, 0) is 17.8 Å². The monoisotopic (exact) mass is 696 g/mol. The van der Waals surface area contributed by atoms with E-state index in [4.69, 9.17) is 16.6 Å². The fourth-order valence-electron chi connectivity index (χ4n) is 6.88. The summed E-state index contributed by atoms with van der Waals surface area (Å²) in [5.74, 6) is 6.35. The van der Waals surface area contributed by atoms with E-state index in [0.717, 1.165) is 24.1 Å². The molecule has 256 valence electrons. The molecule has 0 spiro atoms. The van der Waals surface area contributed by atoms with Crippen LogP contribution in [0.25, 0.3) is 16.9 Å². The number of aromatic nitrogens is 7. The number of hydrogen-bond donors (Lipinski definition) is 4. The van der Waals surface area contributed by atoms with Gasteiger partial charge >= 0.3 is 0 Å². The number of nitro groups is 1. The number of unbranched alkanes of at least 4 members (excludes halogenated alkanes) is 2. The third kappa shape index (κ3) is 6.13. The molecule has 3 aromatic heterocycles. The van der Waals surface area contributed by atoms with Gasteiger partial charge in [-0.2, -0.15) is 0 Å². The van der Waals surface area contributed by atoms with Crippen LogP contribution >= 0.6 is 11.6 Å². The van der Waals surface area contributed by atoms with E-state index >= 15 is 0 Å². The van der Waals surface area contributed by atoms with Crippen molar-refractivity contribution in [2.75, 3.05) is 12.4 Å². The molecule has 0 saturated heterocycles. The van der Waals surface area contributed by atoms with Crippen LogP contribution in [0.15, 0.2) is 61.1 Å². The third-order valence-electron chi connectivity index (χ3n) is 9.44. The molecule has 7 rings (SSSR count). The minimum atomic E-state index is -1.22. The second-order valence-electron chi connectivity index (χ2n) is 12.5. The maximum absolute atomic E-state index is 12.7. The number of anilines is 1. The molecule has 2 aromatic carbocycles. The Hall–Kier alpha value is -5.43. The van der Waals surface area contributed by atoms with E-state index in [0.29, 0.717) is 53.5 Å². The van der Waals surface area contributed by atoms with Crippen LogP contribution in [-0.4, -0.2) is 74.8 Å². The quantitative estimate of drug-likeness (QED) is 0.0683. The number of carbonyl (C=O) groups excluding carboxylic acids is 1. The van der Waals surface area contributed by atoms with Crippen molar-refractivity contribution < 1.29 is 19.9 Å². The summed E-state index contributed by atoms with van der Waals surface area (Å²) in [4.78, 5) is 37.4. The number of benzene rings is 2. The molecular formula is C34H33ClN10O5. The number of amides is 1. The van der Waals surface area contributed by atoms with Gasteiger partial charge in [-0.1, -0.05) is 40.9 Å². The highest BCUT2D eigenvalue weighted by atomic mass is 35.5. The molecule has 2 saturated carbocycles. The number of nitrogens with one attached hydrogen (secondary N) is 2. The summed E-state index contributed by atoms with van der Waals surface area (Å²) in [7, 11) is 1.52. The normalized spacial score (nSPS) is 22.1. The highest BCUT2D eigenvalue weighted by molar-refractivity contribution is 6.30. The molecule has 50 heavy (non-hydrogen) atoms. The molecule has 0 bridgehead atoms. The first-order valence-electron chi connectivity index (χ1n) is 16.2. The van der Waals surface area contributed by atoms with Crippen molar-refractivity contribution in [3.8, 4) is 17.5 Å². The molecule has 0 unspecified atom stereocenters. The maximum atomic E-state index is 12.7. The van der Waals surface area contributed by atoms with Gasteiger partial charge in [-0.3, -0.25) is 14.9 Å². The number of nitrogens with zero attached hydrogens (tertiary/aromatic N) is 8. The zero-order valence-corrected chi connectivity index (χ0v) is 27.7. The van der Waals surface area contributed by atoms with Gasteiger partial charge in [0.05, 0.1) is 46.4 Å². The minimum absolute atomic E-state index is 0.0180. The van der Waals surface area contributed by atoms with Gasteiger partial charge in [-0.05, 0) is 55.4 Å². The zero-order valence-electron chi connectivity index (χ0n) is 26.9. The Kier molecular flexibility index (Phi) is 8.91. The fourth-order valence-corrected chi connectivity index (χ4v) is 7.10. The number of aryl methyl sites for hydroxylation is 1. The lowest BCUT2D eigenvalue weighted by Gasteiger charge is -2.23. The number of fused-ring (bicyclic) bond motifs is 2. The summed E-state index contributed by atoms with van der Waals surface area (Å²) >= 11 is 6.19. The summed E-state index contributed by atoms with van der Waals surface area (Å²) in [6.07, 6.45) is 4.13. The van der Waals surface area contributed by atoms with Crippen LogP contribution in [0.5, 0.6) is 0 Å². The Labute approximate surface area is 290 Å². The molecule has 5 aromatic rings. The Balaban J connectivity index is 1.07. The number of rotatable bonds is 11. The van der Waals surface area contributed by atoms with Crippen molar-refractivity contribution >= 4 is 40.2 Å². The number of aliphatic hydroxyl groups excluding tert-OH is 2. The van der Waals surface area contributed by atoms with E-state index in [1.54, 1.807) is 35.3 Å². The van der Waals surface area contributed by atoms with Gasteiger partial charge in [0.25, 0.3) is 5.69 Å². The number of hydrogen-bond acceptors (Lipinski definition) is 11. The standard InChI is InChI=1S/C34H33ClN10O5/c1-36-33(48)34-16-25(34)28(29(46)30(34)47)43-19-38-27-31(37-17-20-8-6-9-21(35)14-20)39-26(40-32(27)43)13-5-3-2-4-10-22-18-44(42-41-22)23-11-7-12-24(15-23)45(49)50/h6-9,11-12,14-15,18-19,25,28-30,46-47H,2-4,10,16-17H2,1H3,(H,36,48)(H,37,39,40)/t25-,28-,29+,30+,34+/m1/s1. The SMILES string of the molecule is CNC(=O)[C@@]12C[C@@H]1[C@@H](n1cnc3c(NCc4cccc(Cl)c4)nc(C#CCCCCc4cn(-c5cccc([N+](=O)[O-])c5)nn4)nc31)[C@H](O)[C@@H]2O. The van der Waals surface area contributed by atoms with Crippen molar-refractivity contribution in [1.29, 1.82) is 0 Å². The fraction of sp³-hybridized carbons (Fsp3) is 0.353. The van der Waals surface area contributed by atoms with Crippen LogP contribution in [0.2, 0.25) is 5.02 Å². The summed E-state index contributed by atoms with van der Waals surface area (Å²) in [5.41, 5.74) is 2.09. The van der Waals surface area contributed by atoms with E-state index in [9.17, 15) is 25.1 Å². The van der Waals surface area contributed by atoms with Gasteiger partial charge in [-0.15, -0.1) is 5.10 Å². The molecule has 2 aliphatic carbocycles. The number of nitro benzene ring substituents is 1. The molecule has 1 amide bonds. The topological polar surface area (TPSA) is 199 Å². The smallest absolute Gasteiger partial charge is 0.271 e. The number of non-ortho nitro benzene ring substituents is 1. The lowest BCUT2D eigenvalue weighted by molar-refractivity contribution is -0.384. The van der Waals surface area contributed by atoms with E-state index in [1.807, 2.05) is 18.2 Å². The van der Waals surface area contributed by atoms with Gasteiger partial charge in [0.1, 0.15) is 6.10 Å². The maximum Gasteiger partial charge on any atom is 0.271 e. The summed E-state index contributed by atoms with van der Waals surface area (Å²) in [6.45, 7) is 0.408. The van der Waals surface area contributed by atoms with E-state index in [1.165, 1.54) is 23.9 Å². The Morgan fingerprint density at radius 2 is 2.02 bits per heavy atom. The molecule has 2 fully saturated rings. The summed E-state index contributed by atoms with van der Waals surface area (Å²) < 4.78 is 3.25. The third-order valence-corrected chi connectivity index (χ3v) is 9.68. The molecule has 0 radical (unpaired) electrons. The second kappa shape index (κ2) is 13.5. The van der Waals surface area contributed by atoms with Crippen LogP contribution < -0.4 is 10.6 Å². The van der Waals surface area contributed by atoms with E-state index in [2.05, 4.69) is 42.8 Å². The number of carbonyl (C=O) groups is 1. The highest BCUT2D eigenvalue weighted by Crippen LogP contribution is 2.67. The van der Waals surface area contributed by atoms with Crippen molar-refractivity contribution in [3.63, 3.8) is 0 Å². The predicted octanol–water partition coefficient (Wildman–Crippen LogP) is 3.37. The predicted molar refractivity (Wildman–Crippen MR) is 182 cm³/mol. The van der Waals surface area contributed by atoms with Gasteiger partial charge in [-0.25, -0.2) is 19.6 Å². The molecule has 16 heteroatoms. The van der Waals surface area contributed by atoms with Crippen LogP contribution in [0, 0.1) is 33.3 Å². The largest absolute Gasteiger partial charge is 0.389 e. The van der Waals surface area contributed by atoms with Crippen molar-refractivity contribution in [2.45, 2.75) is 56.9 Å². The first-order chi connectivity index (χ1) is 24.2. The molecular weight excluding hydrogens is 664 g/mol. The van der Waals surface area contributed by atoms with Gasteiger partial charge in [0.2, 0.25) is 11.7 Å². The summed E-state index contributed by atoms with van der Waals surface area (Å²) in [5, 5.41) is 48.0. The van der Waals surface area contributed by atoms with Gasteiger partial charge < -0.3 is 25.4 Å². The Morgan fingerprint density at radius 1 is 1.18 bits per heavy atom. The van der Waals surface area contributed by atoms with E-state index < -0.39 is 28.6 Å². The van der Waals surface area contributed by atoms with Crippen LogP contribution in [0.1, 0.15) is 48.8 Å². The minimum Gasteiger partial charge on any atom is -0.389 e. The number of imidazole rings is 1. The van der Waals surface area contributed by atoms with Crippen molar-refractivity contribution in [1.82, 2.24) is 39.8 Å². The lowest BCUT2D eigenvalue weighted by atomic mass is 9.98. The second-order valence-corrected chi connectivity index (χ2v) is 12.9.